The number of para-hydroxylation sites is 2. The van der Waals surface area contributed by atoms with E-state index in [1.807, 2.05) is 62.5 Å². The summed E-state index contributed by atoms with van der Waals surface area (Å²) in [5, 5.41) is 15.9. The van der Waals surface area contributed by atoms with E-state index in [1.165, 1.54) is 0 Å². The van der Waals surface area contributed by atoms with Crippen LogP contribution >= 0.6 is 0 Å². The molecule has 1 fully saturated rings. The Hall–Kier alpha value is -3.62. The Balaban J connectivity index is 1.34. The third kappa shape index (κ3) is 4.35. The molecule has 0 unspecified atom stereocenters. The maximum atomic E-state index is 12.7. The van der Waals surface area contributed by atoms with E-state index in [4.69, 9.17) is 4.74 Å². The van der Waals surface area contributed by atoms with Crippen LogP contribution in [0.1, 0.15) is 12.6 Å². The number of rotatable bonds is 5. The fourth-order valence-corrected chi connectivity index (χ4v) is 3.34. The molecule has 156 valence electrons. The second-order valence-electron chi connectivity index (χ2n) is 6.98. The average molecular weight is 407 g/mol. The molecule has 0 radical (unpaired) electrons. The molecule has 2 amide bonds. The molecule has 1 saturated heterocycles. The van der Waals surface area contributed by atoms with Gasteiger partial charge in [0.1, 0.15) is 5.75 Å². The van der Waals surface area contributed by atoms with Crippen LogP contribution in [-0.2, 0) is 0 Å². The Morgan fingerprint density at radius 3 is 2.43 bits per heavy atom. The van der Waals surface area contributed by atoms with Gasteiger partial charge in [0.25, 0.3) is 0 Å². The van der Waals surface area contributed by atoms with Crippen LogP contribution in [0.25, 0.3) is 5.82 Å². The number of carbonyl (C=O) groups excluding carboxylic acids is 1. The molecule has 1 aromatic carbocycles. The van der Waals surface area contributed by atoms with Crippen LogP contribution in [0.4, 0.5) is 16.3 Å². The average Bonchev–Trinajstić information content (AvgIpc) is 3.22. The molecule has 0 bridgehead atoms. The van der Waals surface area contributed by atoms with E-state index in [0.29, 0.717) is 50.0 Å². The Kier molecular flexibility index (Phi) is 5.78. The first-order valence-corrected chi connectivity index (χ1v) is 10.0. The summed E-state index contributed by atoms with van der Waals surface area (Å²) >= 11 is 0. The van der Waals surface area contributed by atoms with Crippen molar-refractivity contribution >= 4 is 17.5 Å². The zero-order valence-electron chi connectivity index (χ0n) is 17.2. The van der Waals surface area contributed by atoms with Crippen molar-refractivity contribution < 1.29 is 9.53 Å². The lowest BCUT2D eigenvalue weighted by molar-refractivity contribution is 0.208. The van der Waals surface area contributed by atoms with Crippen molar-refractivity contribution in [3.05, 3.63) is 54.4 Å². The number of aryl methyl sites for hydroxylation is 1. The summed E-state index contributed by atoms with van der Waals surface area (Å²) in [6.07, 6.45) is 1.86. The van der Waals surface area contributed by atoms with Crippen LogP contribution < -0.4 is 15.0 Å². The lowest BCUT2D eigenvalue weighted by atomic mass is 10.3. The Morgan fingerprint density at radius 1 is 1.03 bits per heavy atom. The summed E-state index contributed by atoms with van der Waals surface area (Å²) in [7, 11) is 0. The summed E-state index contributed by atoms with van der Waals surface area (Å²) in [4.78, 5) is 16.6. The summed E-state index contributed by atoms with van der Waals surface area (Å²) in [6.45, 7) is 6.98. The smallest absolute Gasteiger partial charge is 0.322 e. The van der Waals surface area contributed by atoms with Gasteiger partial charge in [-0.05, 0) is 44.2 Å². The minimum absolute atomic E-state index is 0.128. The van der Waals surface area contributed by atoms with Gasteiger partial charge in [-0.1, -0.05) is 12.1 Å². The zero-order valence-corrected chi connectivity index (χ0v) is 17.2. The van der Waals surface area contributed by atoms with Gasteiger partial charge in [0.2, 0.25) is 0 Å². The van der Waals surface area contributed by atoms with Crippen molar-refractivity contribution in [2.45, 2.75) is 13.8 Å². The van der Waals surface area contributed by atoms with Gasteiger partial charge in [-0.2, -0.15) is 5.10 Å². The second kappa shape index (κ2) is 8.81. The van der Waals surface area contributed by atoms with E-state index in [-0.39, 0.29) is 6.03 Å². The fraction of sp³-hybridized carbons (Fsp3) is 0.333. The molecule has 2 aromatic heterocycles. The molecule has 0 atom stereocenters. The van der Waals surface area contributed by atoms with E-state index in [0.717, 1.165) is 11.5 Å². The van der Waals surface area contributed by atoms with Crippen molar-refractivity contribution in [2.75, 3.05) is 43.0 Å². The van der Waals surface area contributed by atoms with Crippen LogP contribution in [0, 0.1) is 6.92 Å². The molecule has 4 rings (SSSR count). The van der Waals surface area contributed by atoms with Crippen LogP contribution in [-0.4, -0.2) is 63.7 Å². The number of benzene rings is 1. The number of urea groups is 1. The van der Waals surface area contributed by atoms with E-state index in [1.54, 1.807) is 9.58 Å². The SMILES string of the molecule is CCOc1ccccc1NC(=O)N1CCN(c2ccc(-n3ccc(C)n3)nn2)CC1. The number of hydrogen-bond acceptors (Lipinski definition) is 6. The normalized spacial score (nSPS) is 13.9. The van der Waals surface area contributed by atoms with Gasteiger partial charge < -0.3 is 19.9 Å². The van der Waals surface area contributed by atoms with Gasteiger partial charge in [-0.15, -0.1) is 10.2 Å². The van der Waals surface area contributed by atoms with E-state index in [9.17, 15) is 4.79 Å². The quantitative estimate of drug-likeness (QED) is 0.700. The first-order valence-electron chi connectivity index (χ1n) is 10.0. The highest BCUT2D eigenvalue weighted by Gasteiger charge is 2.23. The Bertz CT molecular complexity index is 995. The number of carbonyl (C=O) groups is 1. The summed E-state index contributed by atoms with van der Waals surface area (Å²) in [6, 6.07) is 13.1. The zero-order chi connectivity index (χ0) is 20.9. The molecule has 0 spiro atoms. The predicted octanol–water partition coefficient (Wildman–Crippen LogP) is 2.72. The number of aromatic nitrogens is 4. The van der Waals surface area contributed by atoms with E-state index in [2.05, 4.69) is 25.5 Å². The summed E-state index contributed by atoms with van der Waals surface area (Å²) in [5.41, 5.74) is 1.61. The number of piperazine rings is 1. The Morgan fingerprint density at radius 2 is 1.77 bits per heavy atom. The van der Waals surface area contributed by atoms with Crippen molar-refractivity contribution in [3.63, 3.8) is 0 Å². The number of nitrogens with zero attached hydrogens (tertiary/aromatic N) is 6. The lowest BCUT2D eigenvalue weighted by Gasteiger charge is -2.35. The molecule has 30 heavy (non-hydrogen) atoms. The van der Waals surface area contributed by atoms with Crippen molar-refractivity contribution in [1.29, 1.82) is 0 Å². The largest absolute Gasteiger partial charge is 0.492 e. The lowest BCUT2D eigenvalue weighted by Crippen LogP contribution is -2.50. The van der Waals surface area contributed by atoms with Crippen LogP contribution in [0.5, 0.6) is 5.75 Å². The van der Waals surface area contributed by atoms with Gasteiger partial charge >= 0.3 is 6.03 Å². The third-order valence-corrected chi connectivity index (χ3v) is 4.91. The monoisotopic (exact) mass is 407 g/mol. The van der Waals surface area contributed by atoms with Crippen LogP contribution in [0.15, 0.2) is 48.7 Å². The molecule has 9 heteroatoms. The predicted molar refractivity (Wildman–Crippen MR) is 114 cm³/mol. The first kappa shape index (κ1) is 19.7. The van der Waals surface area contributed by atoms with Gasteiger partial charge in [0.15, 0.2) is 11.6 Å². The molecule has 1 aliphatic rings. The number of anilines is 2. The highest BCUT2D eigenvalue weighted by molar-refractivity contribution is 5.91. The minimum Gasteiger partial charge on any atom is -0.492 e. The number of hydrogen-bond donors (Lipinski definition) is 1. The minimum atomic E-state index is -0.128. The number of amides is 2. The number of ether oxygens (including phenoxy) is 1. The molecule has 0 aliphatic carbocycles. The topological polar surface area (TPSA) is 88.4 Å². The second-order valence-corrected chi connectivity index (χ2v) is 6.98. The van der Waals surface area contributed by atoms with E-state index < -0.39 is 0 Å². The summed E-state index contributed by atoms with van der Waals surface area (Å²) in [5.74, 6) is 2.15. The molecule has 1 N–H and O–H groups in total. The van der Waals surface area contributed by atoms with Gasteiger partial charge in [-0.25, -0.2) is 9.48 Å². The highest BCUT2D eigenvalue weighted by Crippen LogP contribution is 2.24. The van der Waals surface area contributed by atoms with Crippen molar-refractivity contribution in [1.82, 2.24) is 24.9 Å². The van der Waals surface area contributed by atoms with Crippen molar-refractivity contribution in [2.24, 2.45) is 0 Å². The van der Waals surface area contributed by atoms with Gasteiger partial charge in [0.05, 0.1) is 18.0 Å². The molecular formula is C21H25N7O2. The van der Waals surface area contributed by atoms with E-state index >= 15 is 0 Å². The van der Waals surface area contributed by atoms with Gasteiger partial charge in [0, 0.05) is 32.4 Å². The van der Waals surface area contributed by atoms with Gasteiger partial charge in [-0.3, -0.25) is 0 Å². The summed E-state index contributed by atoms with van der Waals surface area (Å²) < 4.78 is 7.28. The van der Waals surface area contributed by atoms with Crippen LogP contribution in [0.3, 0.4) is 0 Å². The van der Waals surface area contributed by atoms with Crippen molar-refractivity contribution in [3.8, 4) is 11.6 Å². The fourth-order valence-electron chi connectivity index (χ4n) is 3.34. The third-order valence-electron chi connectivity index (χ3n) is 4.91. The standard InChI is InChI=1S/C21H25N7O2/c1-3-30-18-7-5-4-6-17(18)22-21(29)27-14-12-26(13-15-27)19-8-9-20(24-23-19)28-11-10-16(2)25-28/h4-11H,3,12-15H2,1-2H3,(H,22,29). The highest BCUT2D eigenvalue weighted by atomic mass is 16.5. The molecule has 1 aliphatic heterocycles. The van der Waals surface area contributed by atoms with Crippen LogP contribution in [0.2, 0.25) is 0 Å². The molecule has 9 nitrogen and oxygen atoms in total. The molecule has 0 saturated carbocycles. The Labute approximate surface area is 175 Å². The molecule has 3 heterocycles. The first-order chi connectivity index (χ1) is 14.6. The maximum Gasteiger partial charge on any atom is 0.322 e. The molecular weight excluding hydrogens is 382 g/mol. The number of nitrogens with one attached hydrogen (secondary N) is 1. The maximum absolute atomic E-state index is 12.7. The molecule has 3 aromatic rings.